The second-order valence-electron chi connectivity index (χ2n) is 12.9. The number of carbonyl (C=O) groups is 1. The molecule has 0 radical (unpaired) electrons. The predicted octanol–water partition coefficient (Wildman–Crippen LogP) is 6.47. The first-order valence-corrected chi connectivity index (χ1v) is 15.4. The van der Waals surface area contributed by atoms with Crippen molar-refractivity contribution in [3.63, 3.8) is 0 Å². The smallest absolute Gasteiger partial charge is 0.345 e. The molecule has 0 N–H and O–H groups in total. The lowest BCUT2D eigenvalue weighted by molar-refractivity contribution is -0.151. The van der Waals surface area contributed by atoms with Crippen LogP contribution in [0.4, 0.5) is 24.5 Å². The van der Waals surface area contributed by atoms with Crippen molar-refractivity contribution in [2.24, 2.45) is 5.41 Å². The van der Waals surface area contributed by atoms with Crippen LogP contribution in [-0.4, -0.2) is 77.9 Å². The van der Waals surface area contributed by atoms with Crippen molar-refractivity contribution in [3.8, 4) is 0 Å². The molecule has 0 atom stereocenters. The van der Waals surface area contributed by atoms with Crippen molar-refractivity contribution in [1.82, 2.24) is 19.7 Å². The summed E-state index contributed by atoms with van der Waals surface area (Å²) in [5.74, 6) is -0.116. The van der Waals surface area contributed by atoms with Crippen molar-refractivity contribution >= 4 is 23.4 Å². The molecule has 0 bridgehead atoms. The Morgan fingerprint density at radius 1 is 0.955 bits per heavy atom. The van der Waals surface area contributed by atoms with Gasteiger partial charge in [-0.2, -0.15) is 13.2 Å². The number of piperidine rings is 1. The fourth-order valence-electron chi connectivity index (χ4n) is 7.02. The number of carbonyl (C=O) groups excluding carboxylic acids is 1. The average Bonchev–Trinajstić information content (AvgIpc) is 2.99. The van der Waals surface area contributed by atoms with E-state index in [2.05, 4.69) is 51.0 Å². The molecule has 6 rings (SSSR count). The van der Waals surface area contributed by atoms with Crippen LogP contribution in [0.3, 0.4) is 0 Å². The van der Waals surface area contributed by atoms with Gasteiger partial charge in [0.25, 0.3) is 0 Å². The monoisotopic (exact) mass is 603 g/mol. The second-order valence-corrected chi connectivity index (χ2v) is 12.9. The van der Waals surface area contributed by atoms with Gasteiger partial charge in [0.05, 0.1) is 5.56 Å². The summed E-state index contributed by atoms with van der Waals surface area (Å²) >= 11 is 0. The van der Waals surface area contributed by atoms with Gasteiger partial charge in [-0.25, -0.2) is 0 Å². The van der Waals surface area contributed by atoms with Crippen LogP contribution in [0.25, 0.3) is 6.08 Å². The Kier molecular flexibility index (Phi) is 8.53. The van der Waals surface area contributed by atoms with E-state index in [0.717, 1.165) is 68.1 Å². The Labute approximate surface area is 257 Å². The summed E-state index contributed by atoms with van der Waals surface area (Å²) in [6.07, 6.45) is 6.68. The van der Waals surface area contributed by atoms with Crippen molar-refractivity contribution in [1.29, 1.82) is 0 Å². The minimum Gasteiger partial charge on any atom is -0.345 e. The number of benzene rings is 2. The summed E-state index contributed by atoms with van der Waals surface area (Å²) in [5.41, 5.74) is 3.26. The number of alkyl halides is 3. The van der Waals surface area contributed by atoms with Gasteiger partial charge in [-0.3, -0.25) is 14.7 Å². The number of pyridine rings is 1. The summed E-state index contributed by atoms with van der Waals surface area (Å²) in [6.45, 7) is 5.01. The molecule has 3 fully saturated rings. The van der Waals surface area contributed by atoms with Crippen LogP contribution in [0.1, 0.15) is 42.4 Å². The summed E-state index contributed by atoms with van der Waals surface area (Å²) < 4.78 is 39.0. The van der Waals surface area contributed by atoms with E-state index >= 15 is 0 Å². The maximum absolute atomic E-state index is 13.6. The molecule has 2 aromatic carbocycles. The van der Waals surface area contributed by atoms with Crippen LogP contribution in [0.15, 0.2) is 79.1 Å². The van der Waals surface area contributed by atoms with Crippen molar-refractivity contribution < 1.29 is 18.0 Å². The number of nitrogens with zero attached hydrogens (tertiary/aromatic N) is 5. The number of halogens is 3. The first-order valence-electron chi connectivity index (χ1n) is 15.4. The molecule has 9 heteroatoms. The molecule has 3 aliphatic rings. The van der Waals surface area contributed by atoms with E-state index in [1.807, 2.05) is 24.1 Å². The molecule has 3 heterocycles. The molecule has 0 unspecified atom stereocenters. The Hall–Kier alpha value is -3.69. The molecule has 44 heavy (non-hydrogen) atoms. The molecular formula is C35H40F3N5O. The van der Waals surface area contributed by atoms with E-state index in [1.54, 1.807) is 18.5 Å². The molecule has 2 aliphatic heterocycles. The minimum atomic E-state index is -4.39. The Morgan fingerprint density at radius 2 is 1.57 bits per heavy atom. The van der Waals surface area contributed by atoms with Crippen LogP contribution in [0.2, 0.25) is 0 Å². The van der Waals surface area contributed by atoms with Crippen LogP contribution < -0.4 is 4.90 Å². The molecule has 2 saturated heterocycles. The molecule has 1 saturated carbocycles. The summed E-state index contributed by atoms with van der Waals surface area (Å²) in [6, 6.07) is 17.9. The first-order chi connectivity index (χ1) is 21.1. The number of hydrogen-bond acceptors (Lipinski definition) is 5. The van der Waals surface area contributed by atoms with Gasteiger partial charge in [0.1, 0.15) is 0 Å². The van der Waals surface area contributed by atoms with E-state index in [0.29, 0.717) is 23.6 Å². The third-order valence-electron chi connectivity index (χ3n) is 9.73. The van der Waals surface area contributed by atoms with E-state index < -0.39 is 11.7 Å². The van der Waals surface area contributed by atoms with Crippen LogP contribution in [-0.2, 0) is 17.5 Å². The highest BCUT2D eigenvalue weighted by molar-refractivity contribution is 5.92. The van der Waals surface area contributed by atoms with Gasteiger partial charge in [0.2, 0.25) is 5.91 Å². The standard InChI is InChI=1S/C35H40F3N5O/c1-40-19-15-31(16-20-40)42-24-34(25-42)21-32(22-34)43(33(44)12-7-26-3-8-28(9-4-26)35(36,37)38)23-27-5-10-29(11-6-27)41(2)30-13-17-39-18-14-30/h3-14,17-18,31-32H,15-16,19-25H2,1-2H3. The average molecular weight is 604 g/mol. The number of amides is 1. The van der Waals surface area contributed by atoms with E-state index in [-0.39, 0.29) is 11.9 Å². The van der Waals surface area contributed by atoms with Crippen molar-refractivity contribution in [2.75, 3.05) is 45.2 Å². The van der Waals surface area contributed by atoms with Gasteiger partial charge < -0.3 is 14.7 Å². The fraction of sp³-hybridized carbons (Fsp3) is 0.429. The topological polar surface area (TPSA) is 42.9 Å². The number of likely N-dealkylation sites (tertiary alicyclic amines) is 2. The van der Waals surface area contributed by atoms with Gasteiger partial charge in [0, 0.05) is 68.6 Å². The maximum atomic E-state index is 13.6. The summed E-state index contributed by atoms with van der Waals surface area (Å²) in [7, 11) is 4.20. The molecule has 1 aromatic heterocycles. The van der Waals surface area contributed by atoms with Crippen LogP contribution in [0.5, 0.6) is 0 Å². The zero-order valence-electron chi connectivity index (χ0n) is 25.4. The summed E-state index contributed by atoms with van der Waals surface area (Å²) in [5, 5.41) is 0. The van der Waals surface area contributed by atoms with Crippen LogP contribution >= 0.6 is 0 Å². The number of anilines is 2. The third-order valence-corrected chi connectivity index (χ3v) is 9.73. The van der Waals surface area contributed by atoms with Crippen molar-refractivity contribution in [2.45, 2.75) is 50.5 Å². The molecule has 1 amide bonds. The molecule has 6 nitrogen and oxygen atoms in total. The van der Waals surface area contributed by atoms with Gasteiger partial charge >= 0.3 is 6.18 Å². The van der Waals surface area contributed by atoms with Gasteiger partial charge in [-0.15, -0.1) is 0 Å². The first kappa shape index (κ1) is 30.3. The van der Waals surface area contributed by atoms with E-state index in [1.165, 1.54) is 31.1 Å². The number of rotatable bonds is 8. The van der Waals surface area contributed by atoms with Gasteiger partial charge in [0.15, 0.2) is 0 Å². The number of hydrogen-bond donors (Lipinski definition) is 0. The Bertz CT molecular complexity index is 1440. The quantitative estimate of drug-likeness (QED) is 0.276. The molecule has 1 spiro atoms. The molecular weight excluding hydrogens is 563 g/mol. The zero-order chi connectivity index (χ0) is 30.9. The SMILES string of the molecule is CN1CCC(N2CC3(CC(N(Cc4ccc(N(C)c5ccncc5)cc4)C(=O)C=Cc4ccc(C(F)(F)F)cc4)C3)C2)CC1. The maximum Gasteiger partial charge on any atom is 0.416 e. The molecule has 1 aliphatic carbocycles. The minimum absolute atomic E-state index is 0.116. The lowest BCUT2D eigenvalue weighted by atomic mass is 9.59. The highest BCUT2D eigenvalue weighted by atomic mass is 19.4. The van der Waals surface area contributed by atoms with E-state index in [9.17, 15) is 18.0 Å². The normalized spacial score (nSPS) is 19.6. The molecule has 232 valence electrons. The highest BCUT2D eigenvalue weighted by Gasteiger charge is 2.55. The van der Waals surface area contributed by atoms with Gasteiger partial charge in [-0.05, 0) is 105 Å². The summed E-state index contributed by atoms with van der Waals surface area (Å²) in [4.78, 5) is 26.8. The third kappa shape index (κ3) is 6.69. The lowest BCUT2D eigenvalue weighted by Crippen LogP contribution is -2.69. The predicted molar refractivity (Wildman–Crippen MR) is 167 cm³/mol. The lowest BCUT2D eigenvalue weighted by Gasteiger charge is -2.63. The fourth-order valence-corrected chi connectivity index (χ4v) is 7.02. The Balaban J connectivity index is 1.13. The van der Waals surface area contributed by atoms with Gasteiger partial charge in [-0.1, -0.05) is 24.3 Å². The van der Waals surface area contributed by atoms with E-state index in [4.69, 9.17) is 0 Å². The van der Waals surface area contributed by atoms with Crippen molar-refractivity contribution in [3.05, 3.63) is 95.8 Å². The zero-order valence-corrected chi connectivity index (χ0v) is 25.4. The molecule has 3 aromatic rings. The van der Waals surface area contributed by atoms with Crippen LogP contribution in [0, 0.1) is 5.41 Å². The Morgan fingerprint density at radius 3 is 2.18 bits per heavy atom. The second kappa shape index (κ2) is 12.4. The highest BCUT2D eigenvalue weighted by Crippen LogP contribution is 2.51. The largest absolute Gasteiger partial charge is 0.416 e. The number of aromatic nitrogens is 1.